The molecule has 1 aliphatic carbocycles. The van der Waals surface area contributed by atoms with Gasteiger partial charge in [0.1, 0.15) is 0 Å². The predicted molar refractivity (Wildman–Crippen MR) is 101 cm³/mol. The number of benzene rings is 2. The Morgan fingerprint density at radius 1 is 1.00 bits per heavy atom. The minimum Gasteiger partial charge on any atom is -0.348 e. The molecule has 0 bridgehead atoms. The molecule has 3 N–H and O–H groups in total. The van der Waals surface area contributed by atoms with E-state index >= 15 is 0 Å². The fraction of sp³-hybridized carbons (Fsp3) is 0.350. The van der Waals surface area contributed by atoms with Crippen molar-refractivity contribution in [3.05, 3.63) is 60.2 Å². The SMILES string of the molecule is CC(NC(=O)C1(N)CCCC1)c1ccc(-c2ccccc2)cc1.Cl. The monoisotopic (exact) mass is 344 g/mol. The van der Waals surface area contributed by atoms with Crippen molar-refractivity contribution in [3.63, 3.8) is 0 Å². The van der Waals surface area contributed by atoms with Crippen LogP contribution in [0.25, 0.3) is 11.1 Å². The number of halogens is 1. The molecule has 1 atom stereocenters. The molecule has 0 aromatic heterocycles. The molecule has 3 nitrogen and oxygen atoms in total. The Labute approximate surface area is 150 Å². The minimum atomic E-state index is -0.668. The van der Waals surface area contributed by atoms with Gasteiger partial charge < -0.3 is 11.1 Å². The van der Waals surface area contributed by atoms with Gasteiger partial charge in [-0.25, -0.2) is 0 Å². The molecular formula is C20H25ClN2O. The molecule has 128 valence electrons. The van der Waals surface area contributed by atoms with E-state index in [1.807, 2.05) is 25.1 Å². The lowest BCUT2D eigenvalue weighted by atomic mass is 9.96. The fourth-order valence-electron chi connectivity index (χ4n) is 3.25. The topological polar surface area (TPSA) is 55.1 Å². The standard InChI is InChI=1S/C20H24N2O.ClH/c1-15(22-19(23)20(21)13-5-6-14-20)16-9-11-18(12-10-16)17-7-3-2-4-8-17;/h2-4,7-12,15H,5-6,13-14,21H2,1H3,(H,22,23);1H. The minimum absolute atomic E-state index is 0. The first-order valence-electron chi connectivity index (χ1n) is 8.34. The predicted octanol–water partition coefficient (Wildman–Crippen LogP) is 4.22. The average Bonchev–Trinajstić information content (AvgIpc) is 3.04. The number of carbonyl (C=O) groups excluding carboxylic acids is 1. The molecule has 0 radical (unpaired) electrons. The molecule has 1 fully saturated rings. The van der Waals surface area contributed by atoms with Gasteiger partial charge in [0.05, 0.1) is 11.6 Å². The summed E-state index contributed by atoms with van der Waals surface area (Å²) in [5, 5.41) is 3.07. The van der Waals surface area contributed by atoms with E-state index in [-0.39, 0.29) is 24.4 Å². The zero-order valence-corrected chi connectivity index (χ0v) is 14.8. The Hall–Kier alpha value is -1.84. The summed E-state index contributed by atoms with van der Waals surface area (Å²) in [5.74, 6) is -0.0189. The summed E-state index contributed by atoms with van der Waals surface area (Å²) in [6.07, 6.45) is 3.67. The normalized spacial score (nSPS) is 16.9. The van der Waals surface area contributed by atoms with Crippen molar-refractivity contribution in [3.8, 4) is 11.1 Å². The molecule has 4 heteroatoms. The van der Waals surface area contributed by atoms with E-state index < -0.39 is 5.54 Å². The molecule has 2 aromatic carbocycles. The summed E-state index contributed by atoms with van der Waals surface area (Å²) in [4.78, 5) is 12.4. The average molecular weight is 345 g/mol. The highest BCUT2D eigenvalue weighted by Gasteiger charge is 2.37. The van der Waals surface area contributed by atoms with Gasteiger partial charge in [-0.05, 0) is 36.5 Å². The molecule has 3 rings (SSSR count). The molecular weight excluding hydrogens is 320 g/mol. The fourth-order valence-corrected chi connectivity index (χ4v) is 3.25. The van der Waals surface area contributed by atoms with Crippen LogP contribution in [0.2, 0.25) is 0 Å². The lowest BCUT2D eigenvalue weighted by molar-refractivity contribution is -0.126. The molecule has 0 spiro atoms. The molecule has 0 aliphatic heterocycles. The summed E-state index contributed by atoms with van der Waals surface area (Å²) in [7, 11) is 0. The lowest BCUT2D eigenvalue weighted by Crippen LogP contribution is -2.52. The van der Waals surface area contributed by atoms with Crippen LogP contribution in [0.15, 0.2) is 54.6 Å². The highest BCUT2D eigenvalue weighted by Crippen LogP contribution is 2.28. The highest BCUT2D eigenvalue weighted by atomic mass is 35.5. The van der Waals surface area contributed by atoms with Crippen LogP contribution in [0.1, 0.15) is 44.2 Å². The number of hydrogen-bond acceptors (Lipinski definition) is 2. The number of nitrogens with one attached hydrogen (secondary N) is 1. The number of carbonyl (C=O) groups is 1. The number of nitrogens with two attached hydrogens (primary N) is 1. The van der Waals surface area contributed by atoms with Crippen LogP contribution in [0, 0.1) is 0 Å². The molecule has 0 heterocycles. The Morgan fingerprint density at radius 3 is 2.12 bits per heavy atom. The van der Waals surface area contributed by atoms with Crippen molar-refractivity contribution in [2.45, 2.75) is 44.2 Å². The molecule has 2 aromatic rings. The van der Waals surface area contributed by atoms with Crippen molar-refractivity contribution >= 4 is 18.3 Å². The van der Waals surface area contributed by atoms with Gasteiger partial charge in [0.2, 0.25) is 5.91 Å². The number of hydrogen-bond donors (Lipinski definition) is 2. The summed E-state index contributed by atoms with van der Waals surface area (Å²) >= 11 is 0. The maximum Gasteiger partial charge on any atom is 0.240 e. The zero-order chi connectivity index (χ0) is 16.3. The first kappa shape index (κ1) is 18.5. The van der Waals surface area contributed by atoms with Crippen LogP contribution in [0.5, 0.6) is 0 Å². The van der Waals surface area contributed by atoms with E-state index in [0.29, 0.717) is 0 Å². The Bertz CT molecular complexity index is 664. The highest BCUT2D eigenvalue weighted by molar-refractivity contribution is 5.86. The van der Waals surface area contributed by atoms with Gasteiger partial charge in [-0.1, -0.05) is 67.4 Å². The van der Waals surface area contributed by atoms with Crippen molar-refractivity contribution in [1.29, 1.82) is 0 Å². The van der Waals surface area contributed by atoms with E-state index in [4.69, 9.17) is 5.73 Å². The van der Waals surface area contributed by atoms with E-state index in [2.05, 4.69) is 41.7 Å². The van der Waals surface area contributed by atoms with E-state index in [1.165, 1.54) is 11.1 Å². The molecule has 1 unspecified atom stereocenters. The van der Waals surface area contributed by atoms with Crippen molar-refractivity contribution in [2.75, 3.05) is 0 Å². The second kappa shape index (κ2) is 7.82. The smallest absolute Gasteiger partial charge is 0.240 e. The molecule has 1 amide bonds. The zero-order valence-electron chi connectivity index (χ0n) is 14.0. The molecule has 24 heavy (non-hydrogen) atoms. The van der Waals surface area contributed by atoms with Crippen molar-refractivity contribution in [2.24, 2.45) is 5.73 Å². The van der Waals surface area contributed by atoms with Gasteiger partial charge in [-0.15, -0.1) is 12.4 Å². The van der Waals surface area contributed by atoms with Gasteiger partial charge in [-0.3, -0.25) is 4.79 Å². The van der Waals surface area contributed by atoms with Gasteiger partial charge in [0.15, 0.2) is 0 Å². The molecule has 1 saturated carbocycles. The summed E-state index contributed by atoms with van der Waals surface area (Å²) in [6.45, 7) is 2.01. The van der Waals surface area contributed by atoms with Crippen LogP contribution in [-0.2, 0) is 4.79 Å². The van der Waals surface area contributed by atoms with Crippen LogP contribution < -0.4 is 11.1 Å². The van der Waals surface area contributed by atoms with Crippen molar-refractivity contribution in [1.82, 2.24) is 5.32 Å². The lowest BCUT2D eigenvalue weighted by Gasteiger charge is -2.25. The third-order valence-electron chi connectivity index (χ3n) is 4.81. The summed E-state index contributed by atoms with van der Waals surface area (Å²) in [6, 6.07) is 18.6. The molecule has 1 aliphatic rings. The Morgan fingerprint density at radius 2 is 1.54 bits per heavy atom. The quantitative estimate of drug-likeness (QED) is 0.872. The van der Waals surface area contributed by atoms with Gasteiger partial charge >= 0.3 is 0 Å². The van der Waals surface area contributed by atoms with E-state index in [0.717, 1.165) is 31.2 Å². The molecule has 0 saturated heterocycles. The third kappa shape index (κ3) is 3.97. The summed E-state index contributed by atoms with van der Waals surface area (Å²) in [5.41, 5.74) is 9.02. The third-order valence-corrected chi connectivity index (χ3v) is 4.81. The number of rotatable bonds is 4. The summed E-state index contributed by atoms with van der Waals surface area (Å²) < 4.78 is 0. The van der Waals surface area contributed by atoms with Gasteiger partial charge in [-0.2, -0.15) is 0 Å². The van der Waals surface area contributed by atoms with Crippen molar-refractivity contribution < 1.29 is 4.79 Å². The number of amides is 1. The Balaban J connectivity index is 0.00000208. The first-order valence-corrected chi connectivity index (χ1v) is 8.34. The van der Waals surface area contributed by atoms with E-state index in [9.17, 15) is 4.79 Å². The maximum atomic E-state index is 12.4. The second-order valence-electron chi connectivity index (χ2n) is 6.55. The maximum absolute atomic E-state index is 12.4. The van der Waals surface area contributed by atoms with Gasteiger partial charge in [0, 0.05) is 0 Å². The largest absolute Gasteiger partial charge is 0.348 e. The van der Waals surface area contributed by atoms with E-state index in [1.54, 1.807) is 0 Å². The Kier molecular flexibility index (Phi) is 6.03. The van der Waals surface area contributed by atoms with Crippen LogP contribution in [0.3, 0.4) is 0 Å². The first-order chi connectivity index (χ1) is 11.1. The van der Waals surface area contributed by atoms with Crippen LogP contribution >= 0.6 is 12.4 Å². The second-order valence-corrected chi connectivity index (χ2v) is 6.55. The van der Waals surface area contributed by atoms with Gasteiger partial charge in [0.25, 0.3) is 0 Å². The van der Waals surface area contributed by atoms with Crippen LogP contribution in [0.4, 0.5) is 0 Å². The van der Waals surface area contributed by atoms with Crippen LogP contribution in [-0.4, -0.2) is 11.4 Å².